The van der Waals surface area contributed by atoms with E-state index in [0.29, 0.717) is 6.54 Å². The molecule has 8 heteroatoms. The van der Waals surface area contributed by atoms with E-state index in [1.807, 2.05) is 0 Å². The first-order chi connectivity index (χ1) is 9.21. The number of nitrogens with one attached hydrogen (secondary N) is 1. The van der Waals surface area contributed by atoms with Gasteiger partial charge in [0.2, 0.25) is 5.91 Å². The highest BCUT2D eigenvalue weighted by molar-refractivity contribution is 7.92. The normalized spacial score (nSPS) is 12.8. The monoisotopic (exact) mass is 319 g/mol. The topological polar surface area (TPSA) is 101 Å². The van der Waals surface area contributed by atoms with Crippen LogP contribution in [0.3, 0.4) is 0 Å². The first kappa shape index (κ1) is 16.5. The number of hydrogen-bond donors (Lipinski definition) is 2. The second kappa shape index (κ2) is 6.23. The van der Waals surface area contributed by atoms with Crippen molar-refractivity contribution in [3.05, 3.63) is 28.8 Å². The van der Waals surface area contributed by atoms with Crippen LogP contribution in [0.25, 0.3) is 0 Å². The average molecular weight is 320 g/mol. The maximum atomic E-state index is 12.2. The van der Waals surface area contributed by atoms with E-state index in [1.54, 1.807) is 6.92 Å². The molecular weight excluding hydrogens is 306 g/mol. The molecule has 1 atom stereocenters. The highest BCUT2D eigenvalue weighted by Gasteiger charge is 2.30. The number of hydrogen-bond acceptors (Lipinski definition) is 4. The van der Waals surface area contributed by atoms with Crippen molar-refractivity contribution in [1.29, 1.82) is 0 Å². The molecule has 0 aliphatic carbocycles. The Morgan fingerprint density at radius 3 is 2.45 bits per heavy atom. The number of carboxylic acids is 1. The van der Waals surface area contributed by atoms with Crippen LogP contribution in [0.15, 0.2) is 23.1 Å². The molecule has 110 valence electrons. The van der Waals surface area contributed by atoms with Gasteiger partial charge in [-0.05, 0) is 32.0 Å². The van der Waals surface area contributed by atoms with Crippen molar-refractivity contribution in [2.75, 3.05) is 6.54 Å². The van der Waals surface area contributed by atoms with E-state index in [-0.39, 0.29) is 15.5 Å². The van der Waals surface area contributed by atoms with Gasteiger partial charge in [-0.1, -0.05) is 11.6 Å². The summed E-state index contributed by atoms with van der Waals surface area (Å²) in [7, 11) is -3.91. The van der Waals surface area contributed by atoms with Crippen LogP contribution in [0.4, 0.5) is 0 Å². The summed E-state index contributed by atoms with van der Waals surface area (Å²) in [5.41, 5.74) is -0.198. The number of halogens is 1. The Hall–Kier alpha value is -1.60. The van der Waals surface area contributed by atoms with E-state index in [0.717, 1.165) is 18.2 Å². The summed E-state index contributed by atoms with van der Waals surface area (Å²) in [6.45, 7) is 3.26. The predicted molar refractivity (Wildman–Crippen MR) is 73.7 cm³/mol. The minimum atomic E-state index is -3.91. The maximum absolute atomic E-state index is 12.2. The number of sulfone groups is 1. The summed E-state index contributed by atoms with van der Waals surface area (Å²) in [5, 5.41) is 9.77. The van der Waals surface area contributed by atoms with Crippen molar-refractivity contribution in [3.8, 4) is 0 Å². The smallest absolute Gasteiger partial charge is 0.337 e. The van der Waals surface area contributed by atoms with Gasteiger partial charge in [0.05, 0.1) is 15.5 Å². The Labute approximate surface area is 121 Å². The van der Waals surface area contributed by atoms with Gasteiger partial charge in [0.15, 0.2) is 9.84 Å². The van der Waals surface area contributed by atoms with E-state index in [1.165, 1.54) is 6.92 Å². The van der Waals surface area contributed by atoms with Gasteiger partial charge < -0.3 is 10.4 Å². The fourth-order valence-electron chi connectivity index (χ4n) is 1.51. The fraction of sp³-hybridized carbons (Fsp3) is 0.333. The molecule has 1 unspecified atom stereocenters. The van der Waals surface area contributed by atoms with Gasteiger partial charge in [0.1, 0.15) is 5.25 Å². The molecule has 1 aromatic rings. The highest BCUT2D eigenvalue weighted by Crippen LogP contribution is 2.23. The van der Waals surface area contributed by atoms with Crippen molar-refractivity contribution < 1.29 is 23.1 Å². The van der Waals surface area contributed by atoms with Crippen LogP contribution < -0.4 is 5.32 Å². The number of amides is 1. The Morgan fingerprint density at radius 2 is 2.00 bits per heavy atom. The Bertz CT molecular complexity index is 641. The molecule has 0 radical (unpaired) electrons. The van der Waals surface area contributed by atoms with Crippen LogP contribution in [0.5, 0.6) is 0 Å². The van der Waals surface area contributed by atoms with E-state index < -0.39 is 27.0 Å². The van der Waals surface area contributed by atoms with E-state index in [2.05, 4.69) is 5.32 Å². The molecule has 0 saturated heterocycles. The van der Waals surface area contributed by atoms with Crippen LogP contribution in [0.2, 0.25) is 5.02 Å². The van der Waals surface area contributed by atoms with Gasteiger partial charge in [-0.2, -0.15) is 0 Å². The van der Waals surface area contributed by atoms with Crippen molar-refractivity contribution >= 4 is 33.3 Å². The van der Waals surface area contributed by atoms with Gasteiger partial charge in [-0.25, -0.2) is 13.2 Å². The quantitative estimate of drug-likeness (QED) is 0.853. The zero-order valence-electron chi connectivity index (χ0n) is 10.9. The number of aromatic carboxylic acids is 1. The summed E-state index contributed by atoms with van der Waals surface area (Å²) < 4.78 is 24.4. The molecular formula is C12H14ClNO5S. The Balaban J connectivity index is 3.20. The SMILES string of the molecule is CCNC(=O)C(C)S(=O)(=O)c1ccc(C(=O)O)c(Cl)c1. The van der Waals surface area contributed by atoms with Crippen molar-refractivity contribution in [2.45, 2.75) is 24.0 Å². The molecule has 1 rings (SSSR count). The summed E-state index contributed by atoms with van der Waals surface area (Å²) >= 11 is 5.73. The summed E-state index contributed by atoms with van der Waals surface area (Å²) in [6.07, 6.45) is 0. The molecule has 6 nitrogen and oxygen atoms in total. The first-order valence-corrected chi connectivity index (χ1v) is 7.68. The summed E-state index contributed by atoms with van der Waals surface area (Å²) in [4.78, 5) is 22.2. The number of benzene rings is 1. The molecule has 0 bridgehead atoms. The van der Waals surface area contributed by atoms with Gasteiger partial charge in [-0.15, -0.1) is 0 Å². The lowest BCUT2D eigenvalue weighted by molar-refractivity contribution is -0.120. The molecule has 1 aromatic carbocycles. The molecule has 0 heterocycles. The third-order valence-corrected chi connectivity index (χ3v) is 5.05. The van der Waals surface area contributed by atoms with Crippen LogP contribution >= 0.6 is 11.6 Å². The van der Waals surface area contributed by atoms with E-state index in [9.17, 15) is 18.0 Å². The molecule has 0 aliphatic heterocycles. The predicted octanol–water partition coefficient (Wildman–Crippen LogP) is 1.34. The Morgan fingerprint density at radius 1 is 1.40 bits per heavy atom. The second-order valence-corrected chi connectivity index (χ2v) is 6.70. The van der Waals surface area contributed by atoms with Crippen LogP contribution in [0, 0.1) is 0 Å². The third-order valence-electron chi connectivity index (χ3n) is 2.69. The highest BCUT2D eigenvalue weighted by atomic mass is 35.5. The number of carbonyl (C=O) groups excluding carboxylic acids is 1. The number of rotatable bonds is 5. The number of carboxylic acid groups (broad SMARTS) is 1. The lowest BCUT2D eigenvalue weighted by atomic mass is 10.2. The largest absolute Gasteiger partial charge is 0.478 e. The molecule has 0 saturated carbocycles. The van der Waals surface area contributed by atoms with Gasteiger partial charge in [0, 0.05) is 6.54 Å². The third kappa shape index (κ3) is 3.29. The molecule has 1 amide bonds. The molecule has 0 spiro atoms. The van der Waals surface area contributed by atoms with E-state index >= 15 is 0 Å². The minimum absolute atomic E-state index is 0.189. The van der Waals surface area contributed by atoms with Crippen molar-refractivity contribution in [3.63, 3.8) is 0 Å². The molecule has 2 N–H and O–H groups in total. The maximum Gasteiger partial charge on any atom is 0.337 e. The van der Waals surface area contributed by atoms with Crippen LogP contribution in [0.1, 0.15) is 24.2 Å². The van der Waals surface area contributed by atoms with Gasteiger partial charge >= 0.3 is 5.97 Å². The summed E-state index contributed by atoms with van der Waals surface area (Å²) in [5.74, 6) is -1.87. The van der Waals surface area contributed by atoms with Crippen molar-refractivity contribution in [2.24, 2.45) is 0 Å². The molecule has 20 heavy (non-hydrogen) atoms. The summed E-state index contributed by atoms with van der Waals surface area (Å²) in [6, 6.07) is 3.26. The molecule has 0 aromatic heterocycles. The van der Waals surface area contributed by atoms with Gasteiger partial charge in [0.25, 0.3) is 0 Å². The molecule has 0 aliphatic rings. The lowest BCUT2D eigenvalue weighted by Gasteiger charge is -2.13. The Kier molecular flexibility index (Phi) is 5.13. The lowest BCUT2D eigenvalue weighted by Crippen LogP contribution is -2.37. The first-order valence-electron chi connectivity index (χ1n) is 5.76. The standard InChI is InChI=1S/C12H14ClNO5S/c1-3-14-11(15)7(2)20(18,19)8-4-5-9(12(16)17)10(13)6-8/h4-7H,3H2,1-2H3,(H,14,15)(H,16,17). The molecule has 0 fully saturated rings. The average Bonchev–Trinajstić information content (AvgIpc) is 2.37. The van der Waals surface area contributed by atoms with Crippen LogP contribution in [-0.4, -0.2) is 37.2 Å². The zero-order valence-corrected chi connectivity index (χ0v) is 12.5. The zero-order chi connectivity index (χ0) is 15.5. The second-order valence-electron chi connectivity index (χ2n) is 4.03. The van der Waals surface area contributed by atoms with Crippen LogP contribution in [-0.2, 0) is 14.6 Å². The number of carbonyl (C=O) groups is 2. The van der Waals surface area contributed by atoms with Gasteiger partial charge in [-0.3, -0.25) is 4.79 Å². The van der Waals surface area contributed by atoms with Crippen molar-refractivity contribution in [1.82, 2.24) is 5.32 Å². The van der Waals surface area contributed by atoms with E-state index in [4.69, 9.17) is 16.7 Å². The minimum Gasteiger partial charge on any atom is -0.478 e. The fourth-order valence-corrected chi connectivity index (χ4v) is 3.15.